The molecule has 92 valence electrons. The van der Waals surface area contributed by atoms with Crippen molar-refractivity contribution in [3.05, 3.63) is 67.9 Å². The van der Waals surface area contributed by atoms with E-state index >= 15 is 0 Å². The molecule has 0 aliphatic carbocycles. The quantitative estimate of drug-likeness (QED) is 0.687. The summed E-state index contributed by atoms with van der Waals surface area (Å²) in [5.74, 6) is -0.849. The third kappa shape index (κ3) is 2.70. The molecule has 0 spiro atoms. The summed E-state index contributed by atoms with van der Waals surface area (Å²) in [4.78, 5) is 12.2. The maximum absolute atomic E-state index is 13.9. The van der Waals surface area contributed by atoms with Crippen LogP contribution in [0, 0.1) is 12.7 Å². The molecule has 0 heterocycles. The van der Waals surface area contributed by atoms with Crippen LogP contribution in [0.3, 0.4) is 0 Å². The van der Waals surface area contributed by atoms with Gasteiger partial charge in [0, 0.05) is 10.0 Å². The fourth-order valence-corrected chi connectivity index (χ4v) is 2.68. The summed E-state index contributed by atoms with van der Waals surface area (Å²) in [6.07, 6.45) is 0. The Morgan fingerprint density at radius 3 is 2.56 bits per heavy atom. The molecule has 0 saturated heterocycles. The fraction of sp³-hybridized carbons (Fsp3) is 0.0714. The van der Waals surface area contributed by atoms with Crippen molar-refractivity contribution in [3.8, 4) is 0 Å². The van der Waals surface area contributed by atoms with E-state index in [1.165, 1.54) is 6.07 Å². The van der Waals surface area contributed by atoms with Gasteiger partial charge in [0.15, 0.2) is 5.78 Å². The highest BCUT2D eigenvalue weighted by atomic mass is 79.9. The predicted octanol–water partition coefficient (Wildman–Crippen LogP) is 4.89. The van der Waals surface area contributed by atoms with Gasteiger partial charge in [0.25, 0.3) is 0 Å². The first-order valence-corrected chi connectivity index (χ1v) is 6.83. The molecule has 2 rings (SSSR count). The molecule has 0 unspecified atom stereocenters. The summed E-state index contributed by atoms with van der Waals surface area (Å²) >= 11 is 6.41. The van der Waals surface area contributed by atoms with E-state index in [1.807, 2.05) is 13.0 Å². The number of halogens is 3. The number of carbonyl (C=O) groups is 1. The molecule has 4 heteroatoms. The predicted molar refractivity (Wildman–Crippen MR) is 76.4 cm³/mol. The number of hydrogen-bond donors (Lipinski definition) is 0. The summed E-state index contributed by atoms with van der Waals surface area (Å²) in [6.45, 7) is 1.89. The molecule has 0 saturated carbocycles. The van der Waals surface area contributed by atoms with E-state index in [4.69, 9.17) is 0 Å². The van der Waals surface area contributed by atoms with Crippen molar-refractivity contribution in [3.63, 3.8) is 0 Å². The minimum absolute atomic E-state index is 0.0712. The average molecular weight is 372 g/mol. The van der Waals surface area contributed by atoms with Crippen molar-refractivity contribution >= 4 is 37.6 Å². The van der Waals surface area contributed by atoms with Crippen LogP contribution in [-0.2, 0) is 0 Å². The summed E-state index contributed by atoms with van der Waals surface area (Å²) in [7, 11) is 0. The standard InChI is InChI=1S/C14H9Br2FO/c1-8-5-9(7-10(15)6-8)14(18)11-3-2-4-12(16)13(11)17/h2-7H,1H3. The zero-order valence-corrected chi connectivity index (χ0v) is 12.7. The van der Waals surface area contributed by atoms with Crippen LogP contribution in [-0.4, -0.2) is 5.78 Å². The van der Waals surface area contributed by atoms with Gasteiger partial charge >= 0.3 is 0 Å². The van der Waals surface area contributed by atoms with Gasteiger partial charge in [-0.05, 0) is 58.7 Å². The Kier molecular flexibility index (Phi) is 3.97. The SMILES string of the molecule is Cc1cc(Br)cc(C(=O)c2cccc(Br)c2F)c1. The van der Waals surface area contributed by atoms with Crippen molar-refractivity contribution in [1.29, 1.82) is 0 Å². The zero-order valence-electron chi connectivity index (χ0n) is 9.51. The van der Waals surface area contributed by atoms with Gasteiger partial charge in [-0.1, -0.05) is 22.0 Å². The van der Waals surface area contributed by atoms with Gasteiger partial charge in [0.2, 0.25) is 0 Å². The second kappa shape index (κ2) is 5.33. The van der Waals surface area contributed by atoms with Crippen LogP contribution in [0.1, 0.15) is 21.5 Å². The number of rotatable bonds is 2. The van der Waals surface area contributed by atoms with Crippen LogP contribution < -0.4 is 0 Å². The van der Waals surface area contributed by atoms with Crippen LogP contribution in [0.2, 0.25) is 0 Å². The third-order valence-corrected chi connectivity index (χ3v) is 3.57. The Balaban J connectivity index is 2.51. The van der Waals surface area contributed by atoms with Crippen LogP contribution in [0.25, 0.3) is 0 Å². The van der Waals surface area contributed by atoms with Crippen LogP contribution >= 0.6 is 31.9 Å². The Labute approximate surface area is 121 Å². The average Bonchev–Trinajstić information content (AvgIpc) is 2.30. The minimum Gasteiger partial charge on any atom is -0.288 e. The van der Waals surface area contributed by atoms with Crippen molar-refractivity contribution in [2.45, 2.75) is 6.92 Å². The first kappa shape index (κ1) is 13.4. The first-order chi connectivity index (χ1) is 8.49. The Morgan fingerprint density at radius 1 is 1.17 bits per heavy atom. The lowest BCUT2D eigenvalue weighted by atomic mass is 10.0. The highest BCUT2D eigenvalue weighted by Gasteiger charge is 2.16. The molecule has 0 fully saturated rings. The molecule has 0 amide bonds. The largest absolute Gasteiger partial charge is 0.288 e. The number of aryl methyl sites for hydroxylation is 1. The van der Waals surface area contributed by atoms with Crippen molar-refractivity contribution in [2.75, 3.05) is 0 Å². The number of hydrogen-bond acceptors (Lipinski definition) is 1. The summed E-state index contributed by atoms with van der Waals surface area (Å²) in [6, 6.07) is 10.0. The maximum atomic E-state index is 13.9. The molecule has 0 atom stereocenters. The summed E-state index contributed by atoms with van der Waals surface area (Å²) in [5, 5.41) is 0. The summed E-state index contributed by atoms with van der Waals surface area (Å²) in [5.41, 5.74) is 1.49. The maximum Gasteiger partial charge on any atom is 0.196 e. The highest BCUT2D eigenvalue weighted by molar-refractivity contribution is 9.10. The van der Waals surface area contributed by atoms with Crippen molar-refractivity contribution in [2.24, 2.45) is 0 Å². The molecular weight excluding hydrogens is 363 g/mol. The van der Waals surface area contributed by atoms with E-state index in [-0.39, 0.29) is 11.3 Å². The molecule has 0 bridgehead atoms. The first-order valence-electron chi connectivity index (χ1n) is 5.25. The molecular formula is C14H9Br2FO. The van der Waals surface area contributed by atoms with E-state index in [0.717, 1.165) is 10.0 Å². The minimum atomic E-state index is -0.528. The lowest BCUT2D eigenvalue weighted by Crippen LogP contribution is -2.05. The van der Waals surface area contributed by atoms with E-state index < -0.39 is 5.82 Å². The van der Waals surface area contributed by atoms with Gasteiger partial charge in [0.05, 0.1) is 10.0 Å². The fourth-order valence-electron chi connectivity index (χ4n) is 1.70. The smallest absolute Gasteiger partial charge is 0.196 e. The molecule has 0 aromatic heterocycles. The number of ketones is 1. The van der Waals surface area contributed by atoms with Crippen LogP contribution in [0.4, 0.5) is 4.39 Å². The van der Waals surface area contributed by atoms with Gasteiger partial charge in [-0.3, -0.25) is 4.79 Å². The monoisotopic (exact) mass is 370 g/mol. The molecule has 0 aliphatic heterocycles. The molecule has 0 radical (unpaired) electrons. The Bertz CT molecular complexity index is 603. The second-order valence-corrected chi connectivity index (χ2v) is 5.72. The number of benzene rings is 2. The van der Waals surface area contributed by atoms with Crippen LogP contribution in [0.5, 0.6) is 0 Å². The lowest BCUT2D eigenvalue weighted by molar-refractivity contribution is 0.103. The molecule has 2 aromatic carbocycles. The molecule has 2 aromatic rings. The topological polar surface area (TPSA) is 17.1 Å². The highest BCUT2D eigenvalue weighted by Crippen LogP contribution is 2.23. The van der Waals surface area contributed by atoms with Gasteiger partial charge in [-0.25, -0.2) is 4.39 Å². The Morgan fingerprint density at radius 2 is 1.89 bits per heavy atom. The van der Waals surface area contributed by atoms with E-state index in [2.05, 4.69) is 31.9 Å². The lowest BCUT2D eigenvalue weighted by Gasteiger charge is -2.06. The van der Waals surface area contributed by atoms with E-state index in [1.54, 1.807) is 24.3 Å². The second-order valence-electron chi connectivity index (χ2n) is 3.95. The normalized spacial score (nSPS) is 10.4. The number of carbonyl (C=O) groups excluding carboxylic acids is 1. The van der Waals surface area contributed by atoms with Crippen molar-refractivity contribution in [1.82, 2.24) is 0 Å². The van der Waals surface area contributed by atoms with Crippen LogP contribution in [0.15, 0.2) is 45.3 Å². The van der Waals surface area contributed by atoms with Gasteiger partial charge in [0.1, 0.15) is 5.82 Å². The summed E-state index contributed by atoms with van der Waals surface area (Å²) < 4.78 is 15.0. The van der Waals surface area contributed by atoms with E-state index in [9.17, 15) is 9.18 Å². The molecule has 0 aliphatic rings. The molecule has 1 nitrogen and oxygen atoms in total. The molecule has 0 N–H and O–H groups in total. The van der Waals surface area contributed by atoms with Gasteiger partial charge < -0.3 is 0 Å². The zero-order chi connectivity index (χ0) is 13.3. The van der Waals surface area contributed by atoms with E-state index in [0.29, 0.717) is 10.0 Å². The van der Waals surface area contributed by atoms with Gasteiger partial charge in [-0.15, -0.1) is 0 Å². The Hall–Kier alpha value is -1.000. The third-order valence-electron chi connectivity index (χ3n) is 2.50. The van der Waals surface area contributed by atoms with Gasteiger partial charge in [-0.2, -0.15) is 0 Å². The molecule has 18 heavy (non-hydrogen) atoms. The van der Waals surface area contributed by atoms with Crippen molar-refractivity contribution < 1.29 is 9.18 Å².